The smallest absolute Gasteiger partial charge is 0.276 e. The van der Waals surface area contributed by atoms with E-state index in [1.807, 2.05) is 0 Å². The van der Waals surface area contributed by atoms with E-state index in [0.29, 0.717) is 16.4 Å². The Morgan fingerprint density at radius 3 is 2.27 bits per heavy atom. The van der Waals surface area contributed by atoms with E-state index in [-0.39, 0.29) is 16.7 Å². The maximum Gasteiger partial charge on any atom is 0.276 e. The van der Waals surface area contributed by atoms with Crippen LogP contribution in [0.5, 0.6) is 0 Å². The predicted molar refractivity (Wildman–Crippen MR) is 102 cm³/mol. The summed E-state index contributed by atoms with van der Waals surface area (Å²) in [6, 6.07) is 12.9. The van der Waals surface area contributed by atoms with E-state index in [1.165, 1.54) is 24.3 Å². The maximum absolute atomic E-state index is 12.2. The van der Waals surface area contributed by atoms with Gasteiger partial charge in [-0.15, -0.1) is 0 Å². The molecule has 0 unspecified atom stereocenters. The van der Waals surface area contributed by atoms with Crippen molar-refractivity contribution in [2.24, 2.45) is 11.0 Å². The summed E-state index contributed by atoms with van der Waals surface area (Å²) in [6.45, 7) is 1.70. The second-order valence-electron chi connectivity index (χ2n) is 6.09. The molecule has 0 bridgehead atoms. The highest BCUT2D eigenvalue weighted by Crippen LogP contribution is 2.30. The van der Waals surface area contributed by atoms with Crippen molar-refractivity contribution < 1.29 is 13.2 Å². The molecule has 0 heterocycles. The summed E-state index contributed by atoms with van der Waals surface area (Å²) in [4.78, 5) is 14.0. The van der Waals surface area contributed by atoms with Gasteiger partial charge in [-0.05, 0) is 61.7 Å². The van der Waals surface area contributed by atoms with E-state index in [1.54, 1.807) is 31.2 Å². The van der Waals surface area contributed by atoms with Gasteiger partial charge in [0.15, 0.2) is 0 Å². The number of amides is 1. The van der Waals surface area contributed by atoms with Gasteiger partial charge in [0.25, 0.3) is 10.0 Å². The van der Waals surface area contributed by atoms with Crippen LogP contribution in [-0.2, 0) is 14.8 Å². The molecule has 2 aromatic carbocycles. The zero-order valence-electron chi connectivity index (χ0n) is 14.1. The minimum atomic E-state index is -3.76. The molecule has 3 rings (SSSR count). The third-order valence-electron chi connectivity index (χ3n) is 3.98. The highest BCUT2D eigenvalue weighted by molar-refractivity contribution is 7.89. The molecule has 1 aliphatic carbocycles. The molecule has 1 aliphatic rings. The van der Waals surface area contributed by atoms with E-state index in [9.17, 15) is 13.2 Å². The summed E-state index contributed by atoms with van der Waals surface area (Å²) < 4.78 is 24.4. The minimum Gasteiger partial charge on any atom is -0.326 e. The van der Waals surface area contributed by atoms with E-state index in [0.717, 1.165) is 18.4 Å². The minimum absolute atomic E-state index is 0.0406. The lowest BCUT2D eigenvalue weighted by Gasteiger charge is -2.07. The summed E-state index contributed by atoms with van der Waals surface area (Å²) in [6.07, 6.45) is 1.90. The Bertz CT molecular complexity index is 935. The number of sulfonamides is 1. The monoisotopic (exact) mass is 391 g/mol. The number of hydrogen-bond acceptors (Lipinski definition) is 4. The van der Waals surface area contributed by atoms with Crippen molar-refractivity contribution in [3.05, 3.63) is 59.1 Å². The molecule has 2 aromatic rings. The van der Waals surface area contributed by atoms with E-state index in [2.05, 4.69) is 15.2 Å². The van der Waals surface area contributed by atoms with E-state index in [4.69, 9.17) is 11.6 Å². The molecule has 0 atom stereocenters. The van der Waals surface area contributed by atoms with Crippen LogP contribution >= 0.6 is 11.6 Å². The van der Waals surface area contributed by atoms with Gasteiger partial charge in [-0.2, -0.15) is 18.4 Å². The Hall–Kier alpha value is -2.38. The lowest BCUT2D eigenvalue weighted by Crippen LogP contribution is -2.20. The normalized spacial score (nSPS) is 14.8. The van der Waals surface area contributed by atoms with Gasteiger partial charge in [0.05, 0.1) is 10.6 Å². The SMILES string of the molecule is CC(=NNS(=O)(=O)c1ccc(Cl)cc1)c1ccc(NC(=O)C2CC2)cc1. The second kappa shape index (κ2) is 7.47. The van der Waals surface area contributed by atoms with Crippen molar-refractivity contribution in [3.63, 3.8) is 0 Å². The average molecular weight is 392 g/mol. The fourth-order valence-electron chi connectivity index (χ4n) is 2.24. The zero-order valence-corrected chi connectivity index (χ0v) is 15.6. The summed E-state index contributed by atoms with van der Waals surface area (Å²) in [7, 11) is -3.76. The number of anilines is 1. The van der Waals surface area contributed by atoms with Gasteiger partial charge in [0, 0.05) is 16.6 Å². The molecule has 0 spiro atoms. The molecular formula is C18H18ClN3O3S. The largest absolute Gasteiger partial charge is 0.326 e. The Labute approximate surface area is 157 Å². The molecule has 6 nitrogen and oxygen atoms in total. The molecule has 8 heteroatoms. The molecule has 0 saturated heterocycles. The van der Waals surface area contributed by atoms with Crippen LogP contribution in [0, 0.1) is 5.92 Å². The third-order valence-corrected chi connectivity index (χ3v) is 5.45. The van der Waals surface area contributed by atoms with Crippen molar-refractivity contribution in [2.45, 2.75) is 24.7 Å². The Morgan fingerprint density at radius 1 is 1.08 bits per heavy atom. The fraction of sp³-hybridized carbons (Fsp3) is 0.222. The average Bonchev–Trinajstić information content (AvgIpc) is 3.46. The van der Waals surface area contributed by atoms with Crippen molar-refractivity contribution in [1.82, 2.24) is 4.83 Å². The lowest BCUT2D eigenvalue weighted by molar-refractivity contribution is -0.117. The summed E-state index contributed by atoms with van der Waals surface area (Å²) >= 11 is 5.77. The van der Waals surface area contributed by atoms with E-state index < -0.39 is 10.0 Å². The van der Waals surface area contributed by atoms with Crippen LogP contribution in [0.2, 0.25) is 5.02 Å². The van der Waals surface area contributed by atoms with Gasteiger partial charge in [0.2, 0.25) is 5.91 Å². The molecule has 136 valence electrons. The summed E-state index contributed by atoms with van der Waals surface area (Å²) in [5, 5.41) is 7.26. The van der Waals surface area contributed by atoms with E-state index >= 15 is 0 Å². The summed E-state index contributed by atoms with van der Waals surface area (Å²) in [5.41, 5.74) is 1.95. The number of hydrazone groups is 1. The number of carbonyl (C=O) groups excluding carboxylic acids is 1. The van der Waals surface area contributed by atoms with Gasteiger partial charge >= 0.3 is 0 Å². The molecule has 1 saturated carbocycles. The van der Waals surface area contributed by atoms with Crippen LogP contribution in [-0.4, -0.2) is 20.0 Å². The van der Waals surface area contributed by atoms with Crippen LogP contribution < -0.4 is 10.1 Å². The van der Waals surface area contributed by atoms with Gasteiger partial charge in [-0.3, -0.25) is 4.79 Å². The van der Waals surface area contributed by atoms with Crippen LogP contribution in [0.15, 0.2) is 58.5 Å². The number of rotatable bonds is 6. The third kappa shape index (κ3) is 4.62. The maximum atomic E-state index is 12.2. The predicted octanol–water partition coefficient (Wildman–Crippen LogP) is 3.39. The molecular weight excluding hydrogens is 374 g/mol. The van der Waals surface area contributed by atoms with Crippen LogP contribution in [0.25, 0.3) is 0 Å². The van der Waals surface area contributed by atoms with Gasteiger partial charge < -0.3 is 5.32 Å². The Balaban J connectivity index is 1.66. The van der Waals surface area contributed by atoms with Crippen LogP contribution in [0.3, 0.4) is 0 Å². The molecule has 1 fully saturated rings. The van der Waals surface area contributed by atoms with Crippen molar-refractivity contribution in [3.8, 4) is 0 Å². The number of benzene rings is 2. The van der Waals surface area contributed by atoms with Crippen LogP contribution in [0.4, 0.5) is 5.69 Å². The first-order valence-electron chi connectivity index (χ1n) is 8.08. The summed E-state index contributed by atoms with van der Waals surface area (Å²) in [5.74, 6) is 0.180. The van der Waals surface area contributed by atoms with Gasteiger partial charge in [-0.25, -0.2) is 0 Å². The van der Waals surface area contributed by atoms with Crippen molar-refractivity contribution in [2.75, 3.05) is 5.32 Å². The molecule has 1 amide bonds. The highest BCUT2D eigenvalue weighted by Gasteiger charge is 2.29. The van der Waals surface area contributed by atoms with Gasteiger partial charge in [-0.1, -0.05) is 23.7 Å². The van der Waals surface area contributed by atoms with Crippen molar-refractivity contribution >= 4 is 38.9 Å². The lowest BCUT2D eigenvalue weighted by atomic mass is 10.1. The number of halogens is 1. The number of nitrogens with zero attached hydrogens (tertiary/aromatic N) is 1. The first-order chi connectivity index (χ1) is 12.3. The number of nitrogens with one attached hydrogen (secondary N) is 2. The second-order valence-corrected chi connectivity index (χ2v) is 8.18. The molecule has 26 heavy (non-hydrogen) atoms. The number of carbonyl (C=O) groups is 1. The zero-order chi connectivity index (χ0) is 18.7. The Kier molecular flexibility index (Phi) is 5.29. The standard InChI is InChI=1S/C18H18ClN3O3S/c1-12(21-22-26(24,25)17-10-6-15(19)7-11-17)13-4-8-16(9-5-13)20-18(23)14-2-3-14/h4-11,14,22H,2-3H2,1H3,(H,20,23). The fourth-order valence-corrected chi connectivity index (χ4v) is 3.23. The first-order valence-corrected chi connectivity index (χ1v) is 9.94. The number of hydrogen-bond donors (Lipinski definition) is 2. The topological polar surface area (TPSA) is 87.6 Å². The first kappa shape index (κ1) is 18.4. The molecule has 0 radical (unpaired) electrons. The van der Waals surface area contributed by atoms with Crippen molar-refractivity contribution in [1.29, 1.82) is 0 Å². The molecule has 2 N–H and O–H groups in total. The Morgan fingerprint density at radius 2 is 1.69 bits per heavy atom. The highest BCUT2D eigenvalue weighted by atomic mass is 35.5. The van der Waals surface area contributed by atoms with Gasteiger partial charge in [0.1, 0.15) is 0 Å². The quantitative estimate of drug-likeness (QED) is 0.584. The molecule has 0 aliphatic heterocycles. The van der Waals surface area contributed by atoms with Crippen LogP contribution in [0.1, 0.15) is 25.3 Å². The molecule has 0 aromatic heterocycles.